The van der Waals surface area contributed by atoms with Crippen LogP contribution < -0.4 is 10.5 Å². The number of carbonyl (C=O) groups excluding carboxylic acids is 1. The smallest absolute Gasteiger partial charge is 0.272 e. The predicted molar refractivity (Wildman–Crippen MR) is 111 cm³/mol. The van der Waals surface area contributed by atoms with Gasteiger partial charge >= 0.3 is 0 Å². The summed E-state index contributed by atoms with van der Waals surface area (Å²) in [4.78, 5) is 31.5. The lowest BCUT2D eigenvalue weighted by molar-refractivity contribution is -0.115. The first-order valence-corrected chi connectivity index (χ1v) is 10.3. The Morgan fingerprint density at radius 1 is 1.37 bits per heavy atom. The van der Waals surface area contributed by atoms with Crippen molar-refractivity contribution in [3.8, 4) is 0 Å². The molecule has 3 rings (SSSR count). The summed E-state index contributed by atoms with van der Waals surface area (Å²) in [6.45, 7) is 2.80. The Labute approximate surface area is 165 Å². The van der Waals surface area contributed by atoms with E-state index in [0.717, 1.165) is 11.3 Å². The summed E-state index contributed by atoms with van der Waals surface area (Å²) in [6, 6.07) is 9.61. The highest BCUT2D eigenvalue weighted by Crippen LogP contribution is 2.22. The lowest BCUT2D eigenvalue weighted by atomic mass is 10.2. The van der Waals surface area contributed by atoms with E-state index >= 15 is 0 Å². The third-order valence-corrected chi connectivity index (χ3v) is 5.99. The van der Waals surface area contributed by atoms with E-state index in [2.05, 4.69) is 4.98 Å². The Morgan fingerprint density at radius 3 is 2.93 bits per heavy atom. The van der Waals surface area contributed by atoms with Crippen LogP contribution in [-0.4, -0.2) is 42.0 Å². The first-order chi connectivity index (χ1) is 13.0. The van der Waals surface area contributed by atoms with E-state index in [1.807, 2.05) is 42.6 Å². The van der Waals surface area contributed by atoms with Crippen molar-refractivity contribution < 1.29 is 9.53 Å². The summed E-state index contributed by atoms with van der Waals surface area (Å²) in [5, 5.41) is 2.39. The molecule has 27 heavy (non-hydrogen) atoms. The molecular formula is C19H21N3O3S2. The van der Waals surface area contributed by atoms with Gasteiger partial charge in [0.15, 0.2) is 5.16 Å². The molecule has 2 heterocycles. The standard InChI is InChI=1S/C19H21N3O3S2/c1-13-5-4-6-14(11-13)21(2)16(23)12-27-19-20-15-7-10-26-17(15)18(24)22(19)8-9-25-3/h4-7,10-11H,8-9,12H2,1-3H3. The summed E-state index contributed by atoms with van der Waals surface area (Å²) < 4.78 is 7.33. The zero-order chi connectivity index (χ0) is 19.4. The van der Waals surface area contributed by atoms with Gasteiger partial charge in [0, 0.05) is 19.8 Å². The van der Waals surface area contributed by atoms with Crippen molar-refractivity contribution in [2.75, 3.05) is 31.4 Å². The normalized spacial score (nSPS) is 11.1. The molecule has 0 N–H and O–H groups in total. The molecule has 0 fully saturated rings. The number of amides is 1. The van der Waals surface area contributed by atoms with Gasteiger partial charge in [-0.3, -0.25) is 14.2 Å². The Balaban J connectivity index is 1.81. The second kappa shape index (κ2) is 8.69. The van der Waals surface area contributed by atoms with E-state index in [1.54, 1.807) is 23.6 Å². The van der Waals surface area contributed by atoms with Crippen molar-refractivity contribution in [3.63, 3.8) is 0 Å². The van der Waals surface area contributed by atoms with Crippen LogP contribution in [0.4, 0.5) is 5.69 Å². The maximum absolute atomic E-state index is 12.7. The Hall–Kier alpha value is -2.16. The zero-order valence-electron chi connectivity index (χ0n) is 15.5. The molecule has 0 bridgehead atoms. The fourth-order valence-corrected chi connectivity index (χ4v) is 4.33. The Morgan fingerprint density at radius 2 is 2.19 bits per heavy atom. The van der Waals surface area contributed by atoms with Crippen molar-refractivity contribution in [2.45, 2.75) is 18.6 Å². The molecule has 142 valence electrons. The molecule has 0 aliphatic rings. The number of aromatic nitrogens is 2. The molecule has 6 nitrogen and oxygen atoms in total. The molecule has 3 aromatic rings. The van der Waals surface area contributed by atoms with Gasteiger partial charge in [0.25, 0.3) is 5.56 Å². The van der Waals surface area contributed by atoms with Gasteiger partial charge in [-0.05, 0) is 36.1 Å². The lowest BCUT2D eigenvalue weighted by Gasteiger charge is -2.18. The SMILES string of the molecule is COCCn1c(SCC(=O)N(C)c2cccc(C)c2)nc2ccsc2c1=O. The number of thioether (sulfide) groups is 1. The maximum atomic E-state index is 12.7. The molecule has 0 unspecified atom stereocenters. The average molecular weight is 404 g/mol. The van der Waals surface area contributed by atoms with E-state index in [-0.39, 0.29) is 17.2 Å². The van der Waals surface area contributed by atoms with Crippen LogP contribution in [0.15, 0.2) is 45.7 Å². The Bertz CT molecular complexity index is 1010. The minimum Gasteiger partial charge on any atom is -0.383 e. The summed E-state index contributed by atoms with van der Waals surface area (Å²) in [6.07, 6.45) is 0. The zero-order valence-corrected chi connectivity index (χ0v) is 17.1. The van der Waals surface area contributed by atoms with Gasteiger partial charge in [-0.2, -0.15) is 0 Å². The monoisotopic (exact) mass is 403 g/mol. The van der Waals surface area contributed by atoms with Gasteiger partial charge in [-0.25, -0.2) is 4.98 Å². The second-order valence-corrected chi connectivity index (χ2v) is 7.92. The van der Waals surface area contributed by atoms with E-state index in [1.165, 1.54) is 23.1 Å². The summed E-state index contributed by atoms with van der Waals surface area (Å²) in [5.74, 6) is 0.142. The van der Waals surface area contributed by atoms with E-state index in [4.69, 9.17) is 4.74 Å². The average Bonchev–Trinajstić information content (AvgIpc) is 3.13. The number of methoxy groups -OCH3 is 1. The van der Waals surface area contributed by atoms with E-state index in [9.17, 15) is 9.59 Å². The van der Waals surface area contributed by atoms with Crippen LogP contribution in [0.2, 0.25) is 0 Å². The number of carbonyl (C=O) groups is 1. The van der Waals surface area contributed by atoms with Crippen molar-refractivity contribution in [2.24, 2.45) is 0 Å². The number of ether oxygens (including phenoxy) is 1. The van der Waals surface area contributed by atoms with Crippen molar-refractivity contribution in [3.05, 3.63) is 51.6 Å². The fraction of sp³-hybridized carbons (Fsp3) is 0.316. The second-order valence-electron chi connectivity index (χ2n) is 6.06. The van der Waals surface area contributed by atoms with Crippen LogP contribution in [0.5, 0.6) is 0 Å². The third-order valence-electron chi connectivity index (χ3n) is 4.14. The molecule has 0 radical (unpaired) electrons. The number of rotatable bonds is 7. The van der Waals surface area contributed by atoms with Crippen LogP contribution in [-0.2, 0) is 16.1 Å². The van der Waals surface area contributed by atoms with Crippen molar-refractivity contribution >= 4 is 44.9 Å². The van der Waals surface area contributed by atoms with Crippen LogP contribution in [0.25, 0.3) is 10.2 Å². The number of hydrogen-bond acceptors (Lipinski definition) is 6. The number of benzene rings is 1. The molecule has 2 aromatic heterocycles. The number of nitrogens with zero attached hydrogens (tertiary/aromatic N) is 3. The van der Waals surface area contributed by atoms with Gasteiger partial charge in [0.1, 0.15) is 4.70 Å². The molecule has 0 spiro atoms. The molecule has 0 saturated carbocycles. The van der Waals surface area contributed by atoms with Crippen LogP contribution in [0.3, 0.4) is 0 Å². The van der Waals surface area contributed by atoms with Gasteiger partial charge in [-0.15, -0.1) is 11.3 Å². The third kappa shape index (κ3) is 4.40. The number of aryl methyl sites for hydroxylation is 1. The summed E-state index contributed by atoms with van der Waals surface area (Å²) in [7, 11) is 3.35. The van der Waals surface area contributed by atoms with E-state index < -0.39 is 0 Å². The molecule has 0 aliphatic carbocycles. The maximum Gasteiger partial charge on any atom is 0.272 e. The van der Waals surface area contributed by atoms with Crippen LogP contribution >= 0.6 is 23.1 Å². The quantitative estimate of drug-likeness (QED) is 0.448. The molecule has 8 heteroatoms. The van der Waals surface area contributed by atoms with Crippen molar-refractivity contribution in [1.82, 2.24) is 9.55 Å². The lowest BCUT2D eigenvalue weighted by Crippen LogP contribution is -2.29. The molecule has 0 saturated heterocycles. The first kappa shape index (κ1) is 19.6. The number of thiophene rings is 1. The largest absolute Gasteiger partial charge is 0.383 e. The van der Waals surface area contributed by atoms with Gasteiger partial charge in [0.05, 0.1) is 24.4 Å². The molecular weight excluding hydrogens is 382 g/mol. The van der Waals surface area contributed by atoms with Crippen molar-refractivity contribution in [1.29, 1.82) is 0 Å². The highest BCUT2D eigenvalue weighted by Gasteiger charge is 2.16. The van der Waals surface area contributed by atoms with Gasteiger partial charge in [-0.1, -0.05) is 23.9 Å². The molecule has 0 aliphatic heterocycles. The minimum atomic E-state index is -0.0889. The number of fused-ring (bicyclic) bond motifs is 1. The first-order valence-electron chi connectivity index (χ1n) is 8.44. The van der Waals surface area contributed by atoms with Gasteiger partial charge in [0.2, 0.25) is 5.91 Å². The highest BCUT2D eigenvalue weighted by molar-refractivity contribution is 7.99. The van der Waals surface area contributed by atoms with Gasteiger partial charge < -0.3 is 9.64 Å². The Kier molecular flexibility index (Phi) is 6.30. The summed E-state index contributed by atoms with van der Waals surface area (Å²) in [5.41, 5.74) is 2.52. The fourth-order valence-electron chi connectivity index (χ4n) is 2.62. The molecule has 1 aromatic carbocycles. The van der Waals surface area contributed by atoms with Crippen LogP contribution in [0, 0.1) is 6.92 Å². The number of hydrogen-bond donors (Lipinski definition) is 0. The highest BCUT2D eigenvalue weighted by atomic mass is 32.2. The topological polar surface area (TPSA) is 64.4 Å². The molecule has 1 amide bonds. The molecule has 0 atom stereocenters. The van der Waals surface area contributed by atoms with E-state index in [0.29, 0.717) is 28.5 Å². The predicted octanol–water partition coefficient (Wildman–Crippen LogP) is 3.17. The van der Waals surface area contributed by atoms with Crippen LogP contribution in [0.1, 0.15) is 5.56 Å². The minimum absolute atomic E-state index is 0.0523. The number of anilines is 1. The summed E-state index contributed by atoms with van der Waals surface area (Å²) >= 11 is 2.65.